The highest BCUT2D eigenvalue weighted by atomic mass is 16.6. The number of esters is 1. The van der Waals surface area contributed by atoms with Crippen LogP contribution in [0.5, 0.6) is 0 Å². The average Bonchev–Trinajstić information content (AvgIpc) is 3.71. The second kappa shape index (κ2) is 7.89. The lowest BCUT2D eigenvalue weighted by Gasteiger charge is -2.51. The highest BCUT2D eigenvalue weighted by Crippen LogP contribution is 2.61. The highest BCUT2D eigenvalue weighted by Gasteiger charge is 2.72. The van der Waals surface area contributed by atoms with Crippen LogP contribution in [-0.4, -0.2) is 55.0 Å². The molecule has 6 nitrogen and oxygen atoms in total. The minimum atomic E-state index is -0.428. The van der Waals surface area contributed by atoms with E-state index in [1.54, 1.807) is 14.0 Å². The number of fused-ring (bicyclic) bond motifs is 3. The van der Waals surface area contributed by atoms with Gasteiger partial charge in [0.05, 0.1) is 24.0 Å². The van der Waals surface area contributed by atoms with Gasteiger partial charge in [-0.25, -0.2) is 0 Å². The molecule has 0 aromatic rings. The minimum Gasteiger partial charge on any atom is -0.459 e. The summed E-state index contributed by atoms with van der Waals surface area (Å²) < 4.78 is 24.6. The standard InChI is InChI=1S/C27H40O6/c1-17(2)6-7-20-24(4,33-20)22-21(30-5)19(8-9-27(22)16-31-27)32-23(29)26-13-10-25(11-14-26,12-15-26)18(3)28/h6,19-22H,7-16H2,1-5H3/t19-,20-,21-,22-,24-,25?,26?,27+/m1/s1. The third kappa shape index (κ3) is 3.71. The normalized spacial score (nSPS) is 47.8. The molecule has 0 N–H and O–H groups in total. The molecule has 184 valence electrons. The summed E-state index contributed by atoms with van der Waals surface area (Å²) in [4.78, 5) is 25.7. The molecule has 6 atom stereocenters. The van der Waals surface area contributed by atoms with Crippen molar-refractivity contribution in [2.75, 3.05) is 13.7 Å². The largest absolute Gasteiger partial charge is 0.459 e. The van der Waals surface area contributed by atoms with E-state index in [0.29, 0.717) is 0 Å². The van der Waals surface area contributed by atoms with E-state index in [-0.39, 0.29) is 52.6 Å². The summed E-state index contributed by atoms with van der Waals surface area (Å²) in [7, 11) is 1.72. The molecule has 2 heterocycles. The molecule has 6 heteroatoms. The van der Waals surface area contributed by atoms with E-state index in [1.165, 1.54) is 5.57 Å². The van der Waals surface area contributed by atoms with Gasteiger partial charge in [0, 0.05) is 12.5 Å². The number of ketones is 1. The molecule has 0 aromatic heterocycles. The molecule has 0 unspecified atom stereocenters. The van der Waals surface area contributed by atoms with Crippen molar-refractivity contribution in [1.29, 1.82) is 0 Å². The number of carbonyl (C=O) groups is 2. The molecule has 33 heavy (non-hydrogen) atoms. The van der Waals surface area contributed by atoms with Gasteiger partial charge >= 0.3 is 5.97 Å². The smallest absolute Gasteiger partial charge is 0.312 e. The third-order valence-electron chi connectivity index (χ3n) is 9.92. The Bertz CT molecular complexity index is 828. The second-order valence-electron chi connectivity index (χ2n) is 11.9. The first-order chi connectivity index (χ1) is 15.6. The number of methoxy groups -OCH3 is 1. The molecule has 2 aliphatic heterocycles. The van der Waals surface area contributed by atoms with Gasteiger partial charge in [0.2, 0.25) is 0 Å². The maximum Gasteiger partial charge on any atom is 0.312 e. The number of epoxide rings is 2. The molecule has 4 aliphatic carbocycles. The summed E-state index contributed by atoms with van der Waals surface area (Å²) in [5.41, 5.74) is 0.122. The molecule has 1 spiro atoms. The summed E-state index contributed by atoms with van der Waals surface area (Å²) in [6, 6.07) is 0. The van der Waals surface area contributed by atoms with Crippen LogP contribution >= 0.6 is 0 Å². The summed E-state index contributed by atoms with van der Waals surface area (Å²) >= 11 is 0. The highest BCUT2D eigenvalue weighted by molar-refractivity contribution is 5.85. The van der Waals surface area contributed by atoms with E-state index in [2.05, 4.69) is 26.8 Å². The lowest BCUT2D eigenvalue weighted by molar-refractivity contribution is -0.190. The van der Waals surface area contributed by atoms with E-state index in [0.717, 1.165) is 64.4 Å². The maximum atomic E-state index is 13.5. The predicted octanol–water partition coefficient (Wildman–Crippen LogP) is 4.54. The molecular formula is C27H40O6. The minimum absolute atomic E-state index is 0.0395. The van der Waals surface area contributed by atoms with Gasteiger partial charge in [0.15, 0.2) is 0 Å². The third-order valence-corrected chi connectivity index (χ3v) is 9.92. The molecular weight excluding hydrogens is 420 g/mol. The lowest BCUT2D eigenvalue weighted by Crippen LogP contribution is -2.57. The monoisotopic (exact) mass is 460 g/mol. The van der Waals surface area contributed by atoms with Gasteiger partial charge < -0.3 is 18.9 Å². The van der Waals surface area contributed by atoms with Gasteiger partial charge in [0.1, 0.15) is 29.2 Å². The number of hydrogen-bond acceptors (Lipinski definition) is 6. The average molecular weight is 461 g/mol. The summed E-state index contributed by atoms with van der Waals surface area (Å²) in [5.74, 6) is 0.243. The Morgan fingerprint density at radius 1 is 1.00 bits per heavy atom. The van der Waals surface area contributed by atoms with Crippen molar-refractivity contribution < 1.29 is 28.5 Å². The van der Waals surface area contributed by atoms with Crippen LogP contribution in [0.1, 0.15) is 85.5 Å². The first-order valence-electron chi connectivity index (χ1n) is 12.8. The molecule has 0 radical (unpaired) electrons. The molecule has 6 fully saturated rings. The van der Waals surface area contributed by atoms with Crippen LogP contribution in [0.3, 0.4) is 0 Å². The Morgan fingerprint density at radius 3 is 2.12 bits per heavy atom. The molecule has 0 amide bonds. The molecule has 6 aliphatic rings. The van der Waals surface area contributed by atoms with Crippen molar-refractivity contribution in [3.63, 3.8) is 0 Å². The van der Waals surface area contributed by atoms with Crippen LogP contribution in [0, 0.1) is 16.7 Å². The first-order valence-corrected chi connectivity index (χ1v) is 12.8. The zero-order chi connectivity index (χ0) is 23.6. The lowest BCUT2D eigenvalue weighted by atomic mass is 9.52. The van der Waals surface area contributed by atoms with Crippen molar-refractivity contribution in [3.05, 3.63) is 11.6 Å². The maximum absolute atomic E-state index is 13.5. The van der Waals surface area contributed by atoms with E-state index >= 15 is 0 Å². The fraction of sp³-hybridized carbons (Fsp3) is 0.852. The van der Waals surface area contributed by atoms with Gasteiger partial charge in [-0.15, -0.1) is 0 Å². The summed E-state index contributed by atoms with van der Waals surface area (Å²) in [6.07, 6.45) is 9.06. The van der Waals surface area contributed by atoms with Gasteiger partial charge in [-0.05, 0) is 85.5 Å². The Balaban J connectivity index is 1.30. The Labute approximate surface area is 197 Å². The molecule has 2 bridgehead atoms. The number of carbonyl (C=O) groups excluding carboxylic acids is 2. The van der Waals surface area contributed by atoms with Crippen LogP contribution in [0.4, 0.5) is 0 Å². The van der Waals surface area contributed by atoms with Gasteiger partial charge in [-0.3, -0.25) is 9.59 Å². The zero-order valence-corrected chi connectivity index (χ0v) is 20.9. The number of allylic oxidation sites excluding steroid dienone is 1. The van der Waals surface area contributed by atoms with Crippen molar-refractivity contribution in [1.82, 2.24) is 0 Å². The Morgan fingerprint density at radius 2 is 1.61 bits per heavy atom. The van der Waals surface area contributed by atoms with Gasteiger partial charge in [-0.1, -0.05) is 11.6 Å². The predicted molar refractivity (Wildman–Crippen MR) is 123 cm³/mol. The van der Waals surface area contributed by atoms with Crippen LogP contribution in [0.25, 0.3) is 0 Å². The number of hydrogen-bond donors (Lipinski definition) is 0. The molecule has 6 rings (SSSR count). The number of Topliss-reactive ketones (excluding diaryl/α,β-unsaturated/α-hetero) is 1. The van der Waals surface area contributed by atoms with Crippen molar-refractivity contribution in [2.45, 2.75) is 115 Å². The SMILES string of the molecule is CO[C@@H]1[C@H](OC(=O)C23CCC(C(C)=O)(CC2)CC3)CC[C@]2(CO2)[C@H]1[C@]1(C)O[C@@H]1CC=C(C)C. The number of rotatable bonds is 7. The molecule has 2 saturated heterocycles. The van der Waals surface area contributed by atoms with Crippen LogP contribution in [0.15, 0.2) is 11.6 Å². The van der Waals surface area contributed by atoms with E-state index < -0.39 is 5.41 Å². The molecule has 4 saturated carbocycles. The van der Waals surface area contributed by atoms with E-state index in [9.17, 15) is 9.59 Å². The van der Waals surface area contributed by atoms with E-state index in [4.69, 9.17) is 18.9 Å². The van der Waals surface area contributed by atoms with Crippen molar-refractivity contribution >= 4 is 11.8 Å². The van der Waals surface area contributed by atoms with Crippen molar-refractivity contribution in [2.24, 2.45) is 16.7 Å². The quantitative estimate of drug-likeness (QED) is 0.315. The fourth-order valence-corrected chi connectivity index (χ4v) is 7.35. The van der Waals surface area contributed by atoms with Crippen LogP contribution in [-0.2, 0) is 28.5 Å². The first kappa shape index (κ1) is 23.5. The summed E-state index contributed by atoms with van der Waals surface area (Å²) in [5, 5.41) is 0. The molecule has 0 aromatic carbocycles. The number of ether oxygens (including phenoxy) is 4. The fourth-order valence-electron chi connectivity index (χ4n) is 7.35. The topological polar surface area (TPSA) is 77.7 Å². The summed E-state index contributed by atoms with van der Waals surface area (Å²) in [6.45, 7) is 8.82. The van der Waals surface area contributed by atoms with Crippen LogP contribution in [0.2, 0.25) is 0 Å². The zero-order valence-electron chi connectivity index (χ0n) is 20.9. The van der Waals surface area contributed by atoms with Crippen LogP contribution < -0.4 is 0 Å². The van der Waals surface area contributed by atoms with E-state index in [1.807, 2.05) is 0 Å². The Kier molecular flexibility index (Phi) is 5.62. The van der Waals surface area contributed by atoms with Crippen molar-refractivity contribution in [3.8, 4) is 0 Å². The van der Waals surface area contributed by atoms with Gasteiger partial charge in [-0.2, -0.15) is 0 Å². The van der Waals surface area contributed by atoms with Gasteiger partial charge in [0.25, 0.3) is 0 Å². The second-order valence-corrected chi connectivity index (χ2v) is 11.9. The Hall–Kier alpha value is -1.24.